The highest BCUT2D eigenvalue weighted by molar-refractivity contribution is 9.10. The van der Waals surface area contributed by atoms with Crippen LogP contribution in [0.1, 0.15) is 11.1 Å². The van der Waals surface area contributed by atoms with Crippen LogP contribution >= 0.6 is 15.9 Å². The molecule has 58 valence electrons. The molecule has 0 fully saturated rings. The molecule has 0 aliphatic heterocycles. The lowest BCUT2D eigenvalue weighted by Crippen LogP contribution is -1.81. The van der Waals surface area contributed by atoms with Gasteiger partial charge < -0.3 is 5.11 Å². The van der Waals surface area contributed by atoms with Crippen molar-refractivity contribution >= 4 is 22.0 Å². The van der Waals surface area contributed by atoms with E-state index in [4.69, 9.17) is 0 Å². The molecule has 0 aliphatic rings. The molecule has 1 N–H and O–H groups in total. The normalized spacial score (nSPS) is 9.64. The fraction of sp³-hybridized carbons (Fsp3) is 0.111. The molecule has 0 atom stereocenters. The first-order valence-electron chi connectivity index (χ1n) is 3.27. The lowest BCUT2D eigenvalue weighted by atomic mass is 10.1. The number of rotatable bonds is 1. The number of hydrogen-bond donors (Lipinski definition) is 1. The van der Waals surface area contributed by atoms with E-state index >= 15 is 0 Å². The Morgan fingerprint density at radius 2 is 2.18 bits per heavy atom. The number of halogens is 1. The monoisotopic (exact) mass is 212 g/mol. The predicted molar refractivity (Wildman–Crippen MR) is 50.6 cm³/mol. The fourth-order valence-corrected chi connectivity index (χ4v) is 1.29. The number of aryl methyl sites for hydroxylation is 1. The van der Waals surface area contributed by atoms with Gasteiger partial charge in [0.05, 0.1) is 4.47 Å². The summed E-state index contributed by atoms with van der Waals surface area (Å²) in [4.78, 5) is 0. The summed E-state index contributed by atoms with van der Waals surface area (Å²) in [5.41, 5.74) is 1.82. The number of hydrogen-bond acceptors (Lipinski definition) is 1. The Kier molecular flexibility index (Phi) is 2.35. The van der Waals surface area contributed by atoms with Crippen molar-refractivity contribution in [1.29, 1.82) is 0 Å². The topological polar surface area (TPSA) is 20.2 Å². The zero-order chi connectivity index (χ0) is 8.43. The summed E-state index contributed by atoms with van der Waals surface area (Å²) in [7, 11) is 0. The van der Waals surface area contributed by atoms with Crippen molar-refractivity contribution in [2.75, 3.05) is 0 Å². The van der Waals surface area contributed by atoms with Crippen LogP contribution in [0.15, 0.2) is 23.2 Å². The molecule has 1 aromatic rings. The Morgan fingerprint density at radius 3 is 2.64 bits per heavy atom. The van der Waals surface area contributed by atoms with Crippen molar-refractivity contribution < 1.29 is 5.11 Å². The van der Waals surface area contributed by atoms with Crippen LogP contribution in [0.25, 0.3) is 6.08 Å². The second-order valence-corrected chi connectivity index (χ2v) is 3.19. The first-order valence-corrected chi connectivity index (χ1v) is 4.06. The standard InChI is InChI=1S/C9H9BrO/c1-3-7-6(2)4-5-8(10)9(7)11/h3-5,11H,1H2,2H3. The Labute approximate surface area is 74.5 Å². The Morgan fingerprint density at radius 1 is 1.55 bits per heavy atom. The lowest BCUT2D eigenvalue weighted by Gasteiger charge is -2.04. The average molecular weight is 213 g/mol. The first kappa shape index (κ1) is 8.34. The van der Waals surface area contributed by atoms with Gasteiger partial charge in [0.1, 0.15) is 5.75 Å². The minimum absolute atomic E-state index is 0.264. The molecule has 1 rings (SSSR count). The van der Waals surface area contributed by atoms with Crippen molar-refractivity contribution in [2.24, 2.45) is 0 Å². The highest BCUT2D eigenvalue weighted by Gasteiger charge is 2.03. The molecule has 0 heterocycles. The largest absolute Gasteiger partial charge is 0.506 e. The van der Waals surface area contributed by atoms with Crippen molar-refractivity contribution in [3.05, 3.63) is 34.3 Å². The van der Waals surface area contributed by atoms with Crippen molar-refractivity contribution in [1.82, 2.24) is 0 Å². The molecule has 1 aromatic carbocycles. The van der Waals surface area contributed by atoms with E-state index < -0.39 is 0 Å². The van der Waals surface area contributed by atoms with Crippen LogP contribution in [-0.2, 0) is 0 Å². The Bertz CT molecular complexity index is 292. The molecule has 1 nitrogen and oxygen atoms in total. The summed E-state index contributed by atoms with van der Waals surface area (Å²) in [5.74, 6) is 0.264. The van der Waals surface area contributed by atoms with Gasteiger partial charge in [-0.25, -0.2) is 0 Å². The van der Waals surface area contributed by atoms with Crippen molar-refractivity contribution in [3.8, 4) is 5.75 Å². The van der Waals surface area contributed by atoms with Crippen LogP contribution in [0.5, 0.6) is 5.75 Å². The smallest absolute Gasteiger partial charge is 0.137 e. The zero-order valence-electron chi connectivity index (χ0n) is 6.26. The SMILES string of the molecule is C=Cc1c(C)ccc(Br)c1O. The quantitative estimate of drug-likeness (QED) is 0.759. The van der Waals surface area contributed by atoms with Crippen molar-refractivity contribution in [3.63, 3.8) is 0 Å². The molecule has 0 bridgehead atoms. The predicted octanol–water partition coefficient (Wildman–Crippen LogP) is 3.11. The molecule has 0 aromatic heterocycles. The molecule has 0 amide bonds. The Balaban J connectivity index is 3.40. The maximum atomic E-state index is 9.46. The molecule has 0 radical (unpaired) electrons. The van der Waals surface area contributed by atoms with E-state index in [9.17, 15) is 5.11 Å². The van der Waals surface area contributed by atoms with Gasteiger partial charge >= 0.3 is 0 Å². The third-order valence-electron chi connectivity index (χ3n) is 1.59. The number of phenolic OH excluding ortho intramolecular Hbond substituents is 1. The maximum Gasteiger partial charge on any atom is 0.137 e. The number of phenols is 1. The summed E-state index contributed by atoms with van der Waals surface area (Å²) in [6.07, 6.45) is 1.65. The molecule has 0 unspecified atom stereocenters. The third-order valence-corrected chi connectivity index (χ3v) is 2.23. The van der Waals surface area contributed by atoms with Gasteiger partial charge in [-0.15, -0.1) is 0 Å². The van der Waals surface area contributed by atoms with Crippen LogP contribution in [0.2, 0.25) is 0 Å². The highest BCUT2D eigenvalue weighted by Crippen LogP contribution is 2.30. The summed E-state index contributed by atoms with van der Waals surface area (Å²) in [6.45, 7) is 5.55. The number of benzene rings is 1. The molecule has 0 aliphatic carbocycles. The Hall–Kier alpha value is -0.760. The summed E-state index contributed by atoms with van der Waals surface area (Å²) < 4.78 is 0.706. The van der Waals surface area contributed by atoms with Crippen LogP contribution in [0.4, 0.5) is 0 Å². The first-order chi connectivity index (χ1) is 5.16. The minimum Gasteiger partial charge on any atom is -0.506 e. The molecule has 0 spiro atoms. The van der Waals surface area contributed by atoms with E-state index in [0.717, 1.165) is 11.1 Å². The third kappa shape index (κ3) is 1.46. The molecular formula is C9H9BrO. The minimum atomic E-state index is 0.264. The van der Waals surface area contributed by atoms with E-state index in [1.54, 1.807) is 6.08 Å². The lowest BCUT2D eigenvalue weighted by molar-refractivity contribution is 0.470. The molecular weight excluding hydrogens is 204 g/mol. The van der Waals surface area contributed by atoms with E-state index in [0.29, 0.717) is 4.47 Å². The van der Waals surface area contributed by atoms with Gasteiger partial charge in [-0.1, -0.05) is 18.7 Å². The van der Waals surface area contributed by atoms with Gasteiger partial charge in [0.15, 0.2) is 0 Å². The van der Waals surface area contributed by atoms with Gasteiger partial charge in [-0.05, 0) is 34.5 Å². The second kappa shape index (κ2) is 3.09. The van der Waals surface area contributed by atoms with Crippen LogP contribution in [0.3, 0.4) is 0 Å². The maximum absolute atomic E-state index is 9.46. The molecule has 11 heavy (non-hydrogen) atoms. The van der Waals surface area contributed by atoms with Gasteiger partial charge in [0, 0.05) is 5.56 Å². The molecule has 0 saturated carbocycles. The summed E-state index contributed by atoms with van der Waals surface area (Å²) in [5, 5.41) is 9.46. The van der Waals surface area contributed by atoms with E-state index in [1.807, 2.05) is 19.1 Å². The second-order valence-electron chi connectivity index (χ2n) is 2.33. The molecule has 2 heteroatoms. The van der Waals surface area contributed by atoms with E-state index in [-0.39, 0.29) is 5.75 Å². The van der Waals surface area contributed by atoms with Crippen LogP contribution < -0.4 is 0 Å². The van der Waals surface area contributed by atoms with Gasteiger partial charge in [-0.3, -0.25) is 0 Å². The summed E-state index contributed by atoms with van der Waals surface area (Å²) >= 11 is 3.22. The van der Waals surface area contributed by atoms with Gasteiger partial charge in [0.25, 0.3) is 0 Å². The van der Waals surface area contributed by atoms with Gasteiger partial charge in [0.2, 0.25) is 0 Å². The summed E-state index contributed by atoms with van der Waals surface area (Å²) in [6, 6.07) is 3.75. The fourth-order valence-electron chi connectivity index (χ4n) is 0.940. The average Bonchev–Trinajstić information content (AvgIpc) is 1.99. The van der Waals surface area contributed by atoms with E-state index in [2.05, 4.69) is 22.5 Å². The highest BCUT2D eigenvalue weighted by atomic mass is 79.9. The van der Waals surface area contributed by atoms with Crippen molar-refractivity contribution in [2.45, 2.75) is 6.92 Å². The van der Waals surface area contributed by atoms with Crippen LogP contribution in [-0.4, -0.2) is 5.11 Å². The zero-order valence-corrected chi connectivity index (χ0v) is 7.85. The van der Waals surface area contributed by atoms with Crippen LogP contribution in [0, 0.1) is 6.92 Å². The van der Waals surface area contributed by atoms with E-state index in [1.165, 1.54) is 0 Å². The van der Waals surface area contributed by atoms with Gasteiger partial charge in [-0.2, -0.15) is 0 Å². The number of aromatic hydroxyl groups is 1. The molecule has 0 saturated heterocycles.